The lowest BCUT2D eigenvalue weighted by atomic mass is 10.1. The van der Waals surface area contributed by atoms with Crippen LogP contribution in [-0.2, 0) is 4.79 Å². The first-order chi connectivity index (χ1) is 8.56. The van der Waals surface area contributed by atoms with Crippen molar-refractivity contribution in [2.75, 3.05) is 13.2 Å². The molecule has 0 unspecified atom stereocenters. The maximum Gasteiger partial charge on any atom is 0.244 e. The van der Waals surface area contributed by atoms with Crippen LogP contribution in [0.15, 0.2) is 28.7 Å². The van der Waals surface area contributed by atoms with E-state index in [2.05, 4.69) is 21.2 Å². The first-order valence-corrected chi connectivity index (χ1v) is 6.32. The van der Waals surface area contributed by atoms with Crippen molar-refractivity contribution in [2.45, 2.75) is 13.0 Å². The third-order valence-electron chi connectivity index (χ3n) is 2.36. The predicted molar refractivity (Wildman–Crippen MR) is 74.0 cm³/mol. The van der Waals surface area contributed by atoms with Gasteiger partial charge in [-0.15, -0.1) is 0 Å². The Labute approximate surface area is 114 Å². The zero-order chi connectivity index (χ0) is 13.5. The van der Waals surface area contributed by atoms with Crippen molar-refractivity contribution in [3.05, 3.63) is 39.9 Å². The molecule has 0 aliphatic rings. The second kappa shape index (κ2) is 7.31. The summed E-state index contributed by atoms with van der Waals surface area (Å²) in [6.07, 6.45) is 3.04. The normalized spacial score (nSPS) is 11.2. The largest absolute Gasteiger partial charge is 0.394 e. The molecule has 1 aromatic carbocycles. The van der Waals surface area contributed by atoms with Crippen LogP contribution in [0.4, 0.5) is 0 Å². The van der Waals surface area contributed by atoms with E-state index >= 15 is 0 Å². The highest BCUT2D eigenvalue weighted by atomic mass is 79.9. The molecule has 0 saturated heterocycles. The Morgan fingerprint density at radius 2 is 2.11 bits per heavy atom. The molecule has 18 heavy (non-hydrogen) atoms. The molecule has 1 rings (SSSR count). The summed E-state index contributed by atoms with van der Waals surface area (Å²) in [7, 11) is 0. The van der Waals surface area contributed by atoms with Crippen molar-refractivity contribution in [3.8, 4) is 0 Å². The minimum absolute atomic E-state index is 0.287. The van der Waals surface area contributed by atoms with Gasteiger partial charge in [-0.1, -0.05) is 28.1 Å². The molecule has 4 nitrogen and oxygen atoms in total. The third-order valence-corrected chi connectivity index (χ3v) is 3.04. The predicted octanol–water partition coefficient (Wildman–Crippen LogP) is 1.24. The van der Waals surface area contributed by atoms with Crippen LogP contribution in [0.25, 0.3) is 6.08 Å². The molecule has 0 aliphatic heterocycles. The highest BCUT2D eigenvalue weighted by Crippen LogP contribution is 2.19. The van der Waals surface area contributed by atoms with Crippen molar-refractivity contribution < 1.29 is 15.0 Å². The van der Waals surface area contributed by atoms with Crippen molar-refractivity contribution in [3.63, 3.8) is 0 Å². The molecule has 0 heterocycles. The highest BCUT2D eigenvalue weighted by molar-refractivity contribution is 9.10. The Kier molecular flexibility index (Phi) is 6.04. The van der Waals surface area contributed by atoms with Crippen LogP contribution in [0.5, 0.6) is 0 Å². The number of halogens is 1. The van der Waals surface area contributed by atoms with Crippen LogP contribution >= 0.6 is 15.9 Å². The summed E-state index contributed by atoms with van der Waals surface area (Å²) < 4.78 is 0.910. The summed E-state index contributed by atoms with van der Waals surface area (Å²) in [5.74, 6) is -0.351. The number of nitrogens with one attached hydrogen (secondary N) is 1. The molecule has 1 amide bonds. The second-order valence-corrected chi connectivity index (χ2v) is 4.78. The number of carbonyl (C=O) groups is 1. The smallest absolute Gasteiger partial charge is 0.244 e. The Hall–Kier alpha value is -1.17. The van der Waals surface area contributed by atoms with Crippen molar-refractivity contribution in [1.82, 2.24) is 5.32 Å². The minimum Gasteiger partial charge on any atom is -0.394 e. The number of aliphatic hydroxyl groups excluding tert-OH is 2. The third kappa shape index (κ3) is 4.60. The first-order valence-electron chi connectivity index (χ1n) is 5.53. The van der Waals surface area contributed by atoms with Gasteiger partial charge in [-0.05, 0) is 30.2 Å². The van der Waals surface area contributed by atoms with Gasteiger partial charge >= 0.3 is 0 Å². The summed E-state index contributed by atoms with van der Waals surface area (Å²) in [5, 5.41) is 20.1. The quantitative estimate of drug-likeness (QED) is 0.716. The average molecular weight is 314 g/mol. The number of carbonyl (C=O) groups excluding carboxylic acids is 1. The fourth-order valence-corrected chi connectivity index (χ4v) is 1.96. The number of rotatable bonds is 5. The summed E-state index contributed by atoms with van der Waals surface area (Å²) >= 11 is 3.41. The van der Waals surface area contributed by atoms with Gasteiger partial charge in [0, 0.05) is 10.5 Å². The molecular formula is C13H16BrNO3. The fraction of sp³-hybridized carbons (Fsp3) is 0.308. The number of hydrogen-bond donors (Lipinski definition) is 3. The summed E-state index contributed by atoms with van der Waals surface area (Å²) in [6, 6.07) is 5.19. The number of benzene rings is 1. The molecule has 0 fully saturated rings. The van der Waals surface area contributed by atoms with E-state index in [9.17, 15) is 4.79 Å². The molecule has 0 radical (unpaired) electrons. The zero-order valence-corrected chi connectivity index (χ0v) is 11.6. The molecule has 1 aromatic rings. The van der Waals surface area contributed by atoms with Crippen LogP contribution < -0.4 is 5.32 Å². The average Bonchev–Trinajstić information content (AvgIpc) is 2.35. The van der Waals surface area contributed by atoms with Crippen LogP contribution in [0.3, 0.4) is 0 Å². The fourth-order valence-electron chi connectivity index (χ4n) is 1.33. The molecule has 98 valence electrons. The maximum absolute atomic E-state index is 11.5. The maximum atomic E-state index is 11.5. The van der Waals surface area contributed by atoms with Gasteiger partial charge < -0.3 is 15.5 Å². The Bertz CT molecular complexity index is 442. The minimum atomic E-state index is -0.622. The highest BCUT2D eigenvalue weighted by Gasteiger charge is 2.07. The molecule has 0 aromatic heterocycles. The van der Waals surface area contributed by atoms with Gasteiger partial charge in [0.25, 0.3) is 0 Å². The van der Waals surface area contributed by atoms with Crippen molar-refractivity contribution >= 4 is 27.9 Å². The van der Waals surface area contributed by atoms with Crippen molar-refractivity contribution in [2.24, 2.45) is 0 Å². The summed E-state index contributed by atoms with van der Waals surface area (Å²) in [6.45, 7) is 1.41. The standard InChI is InChI=1S/C13H16BrNO3/c1-9-2-3-10(12(14)6-9)4-5-13(18)15-11(7-16)8-17/h2-6,11,16-17H,7-8H2,1H3,(H,15,18). The van der Waals surface area contributed by atoms with Gasteiger partial charge in [0.2, 0.25) is 5.91 Å². The van der Waals surface area contributed by atoms with Crippen LogP contribution in [0.1, 0.15) is 11.1 Å². The lowest BCUT2D eigenvalue weighted by molar-refractivity contribution is -0.117. The van der Waals surface area contributed by atoms with Gasteiger partial charge in [-0.2, -0.15) is 0 Å². The lowest BCUT2D eigenvalue weighted by Crippen LogP contribution is -2.39. The van der Waals surface area contributed by atoms with E-state index in [0.29, 0.717) is 0 Å². The van der Waals surface area contributed by atoms with E-state index in [1.807, 2.05) is 25.1 Å². The number of hydrogen-bond acceptors (Lipinski definition) is 3. The molecule has 0 bridgehead atoms. The van der Waals surface area contributed by atoms with Gasteiger partial charge in [0.15, 0.2) is 0 Å². The topological polar surface area (TPSA) is 69.6 Å². The van der Waals surface area contributed by atoms with E-state index in [-0.39, 0.29) is 19.1 Å². The number of aliphatic hydroxyl groups is 2. The Morgan fingerprint density at radius 3 is 2.67 bits per heavy atom. The van der Waals surface area contributed by atoms with E-state index in [1.54, 1.807) is 6.08 Å². The SMILES string of the molecule is Cc1ccc(C=CC(=O)NC(CO)CO)c(Br)c1. The van der Waals surface area contributed by atoms with E-state index < -0.39 is 6.04 Å². The van der Waals surface area contributed by atoms with Gasteiger partial charge in [0.1, 0.15) is 0 Å². The Balaban J connectivity index is 2.66. The van der Waals surface area contributed by atoms with E-state index in [4.69, 9.17) is 10.2 Å². The van der Waals surface area contributed by atoms with Gasteiger partial charge in [-0.3, -0.25) is 4.79 Å². The second-order valence-electron chi connectivity index (χ2n) is 3.93. The van der Waals surface area contributed by atoms with E-state index in [0.717, 1.165) is 15.6 Å². The molecule has 0 saturated carbocycles. The summed E-state index contributed by atoms with van der Waals surface area (Å²) in [4.78, 5) is 11.5. The van der Waals surface area contributed by atoms with Crippen LogP contribution in [0, 0.1) is 6.92 Å². The molecule has 0 atom stereocenters. The van der Waals surface area contributed by atoms with Gasteiger partial charge in [-0.25, -0.2) is 0 Å². The number of aryl methyl sites for hydroxylation is 1. The zero-order valence-electron chi connectivity index (χ0n) is 10.1. The number of amides is 1. The molecule has 0 spiro atoms. The monoisotopic (exact) mass is 313 g/mol. The lowest BCUT2D eigenvalue weighted by Gasteiger charge is -2.11. The molecule has 3 N–H and O–H groups in total. The summed E-state index contributed by atoms with van der Waals surface area (Å²) in [5.41, 5.74) is 2.02. The first kappa shape index (κ1) is 14.9. The van der Waals surface area contributed by atoms with Crippen LogP contribution in [0.2, 0.25) is 0 Å². The van der Waals surface area contributed by atoms with E-state index in [1.165, 1.54) is 6.08 Å². The van der Waals surface area contributed by atoms with Crippen LogP contribution in [-0.4, -0.2) is 35.4 Å². The van der Waals surface area contributed by atoms with Gasteiger partial charge in [0.05, 0.1) is 19.3 Å². The molecular weight excluding hydrogens is 298 g/mol. The molecule has 5 heteroatoms. The van der Waals surface area contributed by atoms with Crippen molar-refractivity contribution in [1.29, 1.82) is 0 Å². The molecule has 0 aliphatic carbocycles. The Morgan fingerprint density at radius 1 is 1.44 bits per heavy atom.